The SMILES string of the molecule is CCCCCCCC(=O)N(CO)CCC(=O)O. The lowest BCUT2D eigenvalue weighted by atomic mass is 10.1. The number of hydrogen-bond acceptors (Lipinski definition) is 3. The predicted molar refractivity (Wildman–Crippen MR) is 64.4 cm³/mol. The van der Waals surface area contributed by atoms with Crippen molar-refractivity contribution in [2.24, 2.45) is 0 Å². The van der Waals surface area contributed by atoms with Gasteiger partial charge in [-0.05, 0) is 6.42 Å². The minimum Gasteiger partial charge on any atom is -0.481 e. The number of carbonyl (C=O) groups is 2. The fourth-order valence-corrected chi connectivity index (χ4v) is 1.54. The van der Waals surface area contributed by atoms with Gasteiger partial charge in [-0.2, -0.15) is 0 Å². The van der Waals surface area contributed by atoms with E-state index in [1.807, 2.05) is 0 Å². The van der Waals surface area contributed by atoms with Gasteiger partial charge in [-0.15, -0.1) is 0 Å². The number of carbonyl (C=O) groups excluding carboxylic acids is 1. The van der Waals surface area contributed by atoms with Crippen molar-refractivity contribution in [1.82, 2.24) is 4.90 Å². The molecule has 0 aliphatic carbocycles. The molecule has 0 spiro atoms. The average Bonchev–Trinajstić information content (AvgIpc) is 2.29. The van der Waals surface area contributed by atoms with E-state index in [4.69, 9.17) is 10.2 Å². The molecule has 100 valence electrons. The smallest absolute Gasteiger partial charge is 0.305 e. The van der Waals surface area contributed by atoms with Gasteiger partial charge in [0.15, 0.2) is 0 Å². The molecule has 0 saturated carbocycles. The zero-order valence-electron chi connectivity index (χ0n) is 10.5. The molecule has 0 aromatic carbocycles. The summed E-state index contributed by atoms with van der Waals surface area (Å²) < 4.78 is 0. The molecule has 0 saturated heterocycles. The number of amides is 1. The second kappa shape index (κ2) is 10.1. The van der Waals surface area contributed by atoms with Crippen LogP contribution >= 0.6 is 0 Å². The first-order valence-electron chi connectivity index (χ1n) is 6.22. The molecule has 0 fully saturated rings. The van der Waals surface area contributed by atoms with E-state index in [2.05, 4.69) is 6.92 Å². The lowest BCUT2D eigenvalue weighted by Crippen LogP contribution is -2.33. The zero-order valence-corrected chi connectivity index (χ0v) is 10.5. The Balaban J connectivity index is 3.72. The first-order valence-corrected chi connectivity index (χ1v) is 6.22. The summed E-state index contributed by atoms with van der Waals surface area (Å²) in [5.41, 5.74) is 0. The lowest BCUT2D eigenvalue weighted by molar-refractivity contribution is -0.140. The molecule has 1 amide bonds. The van der Waals surface area contributed by atoms with Crippen LogP contribution in [0.5, 0.6) is 0 Å². The maximum atomic E-state index is 11.6. The largest absolute Gasteiger partial charge is 0.481 e. The Morgan fingerprint density at radius 2 is 1.71 bits per heavy atom. The predicted octanol–water partition coefficient (Wildman–Crippen LogP) is 1.60. The molecular weight excluding hydrogens is 222 g/mol. The Labute approximate surface area is 102 Å². The summed E-state index contributed by atoms with van der Waals surface area (Å²) in [6.45, 7) is 1.81. The summed E-state index contributed by atoms with van der Waals surface area (Å²) in [4.78, 5) is 23.1. The van der Waals surface area contributed by atoms with Crippen molar-refractivity contribution in [2.75, 3.05) is 13.3 Å². The van der Waals surface area contributed by atoms with Crippen LogP contribution in [0.4, 0.5) is 0 Å². The number of aliphatic carboxylic acids is 1. The van der Waals surface area contributed by atoms with Gasteiger partial charge in [0.2, 0.25) is 5.91 Å². The van der Waals surface area contributed by atoms with Crippen molar-refractivity contribution in [2.45, 2.75) is 51.9 Å². The molecule has 0 radical (unpaired) electrons. The number of aliphatic hydroxyl groups excluding tert-OH is 1. The lowest BCUT2D eigenvalue weighted by Gasteiger charge is -2.18. The van der Waals surface area contributed by atoms with Gasteiger partial charge < -0.3 is 15.1 Å². The molecule has 0 bridgehead atoms. The maximum Gasteiger partial charge on any atom is 0.305 e. The third-order valence-electron chi connectivity index (χ3n) is 2.61. The Morgan fingerprint density at radius 3 is 2.24 bits per heavy atom. The molecule has 0 atom stereocenters. The van der Waals surface area contributed by atoms with E-state index in [9.17, 15) is 9.59 Å². The van der Waals surface area contributed by atoms with Crippen LogP contribution in [0.1, 0.15) is 51.9 Å². The molecule has 5 heteroatoms. The third kappa shape index (κ3) is 8.68. The van der Waals surface area contributed by atoms with Crippen molar-refractivity contribution in [3.05, 3.63) is 0 Å². The summed E-state index contributed by atoms with van der Waals surface area (Å²) in [7, 11) is 0. The summed E-state index contributed by atoms with van der Waals surface area (Å²) >= 11 is 0. The van der Waals surface area contributed by atoms with Gasteiger partial charge in [0.05, 0.1) is 6.42 Å². The molecule has 5 nitrogen and oxygen atoms in total. The molecule has 17 heavy (non-hydrogen) atoms. The van der Waals surface area contributed by atoms with E-state index in [0.717, 1.165) is 25.7 Å². The standard InChI is InChI=1S/C12H23NO4/c1-2-3-4-5-6-7-11(15)13(10-14)9-8-12(16)17/h14H,2-10H2,1H3,(H,16,17). The molecular formula is C12H23NO4. The number of hydrogen-bond donors (Lipinski definition) is 2. The van der Waals surface area contributed by atoms with E-state index in [0.29, 0.717) is 6.42 Å². The first-order chi connectivity index (χ1) is 8.11. The fourth-order valence-electron chi connectivity index (χ4n) is 1.54. The van der Waals surface area contributed by atoms with E-state index >= 15 is 0 Å². The number of carboxylic acids is 1. The highest BCUT2D eigenvalue weighted by Crippen LogP contribution is 2.07. The Morgan fingerprint density at radius 1 is 1.06 bits per heavy atom. The van der Waals surface area contributed by atoms with E-state index in [-0.39, 0.29) is 18.9 Å². The van der Waals surface area contributed by atoms with E-state index in [1.165, 1.54) is 11.3 Å². The van der Waals surface area contributed by atoms with Crippen LogP contribution in [0.25, 0.3) is 0 Å². The highest BCUT2D eigenvalue weighted by Gasteiger charge is 2.12. The van der Waals surface area contributed by atoms with Crippen LogP contribution in [-0.4, -0.2) is 40.3 Å². The van der Waals surface area contributed by atoms with Crippen molar-refractivity contribution in [3.63, 3.8) is 0 Å². The summed E-state index contributed by atoms with van der Waals surface area (Å²) in [5.74, 6) is -1.12. The number of rotatable bonds is 10. The number of nitrogens with zero attached hydrogens (tertiary/aromatic N) is 1. The van der Waals surface area contributed by atoms with Gasteiger partial charge in [0, 0.05) is 13.0 Å². The molecule has 2 N–H and O–H groups in total. The monoisotopic (exact) mass is 245 g/mol. The Bertz CT molecular complexity index is 231. The van der Waals surface area contributed by atoms with E-state index in [1.54, 1.807) is 0 Å². The van der Waals surface area contributed by atoms with Crippen molar-refractivity contribution >= 4 is 11.9 Å². The van der Waals surface area contributed by atoms with Gasteiger partial charge in [0.1, 0.15) is 6.73 Å². The zero-order chi connectivity index (χ0) is 13.1. The van der Waals surface area contributed by atoms with E-state index < -0.39 is 12.7 Å². The normalized spacial score (nSPS) is 10.2. The van der Waals surface area contributed by atoms with Gasteiger partial charge in [-0.3, -0.25) is 9.59 Å². The molecule has 0 unspecified atom stereocenters. The first kappa shape index (κ1) is 15.9. The molecule has 0 aliphatic rings. The number of carboxylic acid groups (broad SMARTS) is 1. The summed E-state index contributed by atoms with van der Waals surface area (Å²) in [6, 6.07) is 0. The molecule has 0 aromatic rings. The molecule has 0 aliphatic heterocycles. The average molecular weight is 245 g/mol. The van der Waals surface area contributed by atoms with Crippen LogP contribution in [0, 0.1) is 0 Å². The topological polar surface area (TPSA) is 77.8 Å². The molecule has 0 heterocycles. The van der Waals surface area contributed by atoms with Gasteiger partial charge >= 0.3 is 5.97 Å². The molecule has 0 rings (SSSR count). The van der Waals surface area contributed by atoms with Crippen molar-refractivity contribution in [1.29, 1.82) is 0 Å². The van der Waals surface area contributed by atoms with Gasteiger partial charge in [-0.25, -0.2) is 0 Å². The summed E-state index contributed by atoms with van der Waals surface area (Å²) in [6.07, 6.45) is 5.55. The fraction of sp³-hybridized carbons (Fsp3) is 0.833. The van der Waals surface area contributed by atoms with Crippen LogP contribution in [0.15, 0.2) is 0 Å². The number of unbranched alkanes of at least 4 members (excludes halogenated alkanes) is 4. The van der Waals surface area contributed by atoms with Crippen LogP contribution in [0.3, 0.4) is 0 Å². The van der Waals surface area contributed by atoms with Gasteiger partial charge in [-0.1, -0.05) is 32.6 Å². The number of aliphatic hydroxyl groups is 1. The highest BCUT2D eigenvalue weighted by molar-refractivity contribution is 5.76. The minimum absolute atomic E-state index is 0.0830. The van der Waals surface area contributed by atoms with Crippen LogP contribution in [-0.2, 0) is 9.59 Å². The Hall–Kier alpha value is -1.10. The second-order valence-electron chi connectivity index (χ2n) is 4.11. The maximum absolute atomic E-state index is 11.6. The van der Waals surface area contributed by atoms with Crippen molar-refractivity contribution in [3.8, 4) is 0 Å². The quantitative estimate of drug-likeness (QED) is 0.452. The second-order valence-corrected chi connectivity index (χ2v) is 4.11. The van der Waals surface area contributed by atoms with Crippen LogP contribution in [0.2, 0.25) is 0 Å². The summed E-state index contributed by atoms with van der Waals surface area (Å²) in [5, 5.41) is 17.5. The van der Waals surface area contributed by atoms with Crippen molar-refractivity contribution < 1.29 is 19.8 Å². The third-order valence-corrected chi connectivity index (χ3v) is 2.61. The molecule has 0 aromatic heterocycles. The minimum atomic E-state index is -0.959. The van der Waals surface area contributed by atoms with Gasteiger partial charge in [0.25, 0.3) is 0 Å². The Kier molecular flexibility index (Phi) is 9.43. The highest BCUT2D eigenvalue weighted by atomic mass is 16.4. The van der Waals surface area contributed by atoms with Crippen LogP contribution < -0.4 is 0 Å².